The normalized spacial score (nSPS) is 19.2. The van der Waals surface area contributed by atoms with Gasteiger partial charge in [-0.3, -0.25) is 14.6 Å². The van der Waals surface area contributed by atoms with E-state index in [0.29, 0.717) is 19.4 Å². The molecule has 2 N–H and O–H groups in total. The number of nitrogens with zero attached hydrogens (tertiary/aromatic N) is 1. The molecule has 84 valence electrons. The van der Waals surface area contributed by atoms with Crippen LogP contribution < -0.4 is 10.6 Å². The molecular weight excluding hydrogens is 206 g/mol. The number of pyridine rings is 1. The number of carbonyl (C=O) groups is 2. The number of nitrogens with one attached hydrogen (secondary N) is 2. The quantitative estimate of drug-likeness (QED) is 0.750. The summed E-state index contributed by atoms with van der Waals surface area (Å²) in [5.74, 6) is -0.200. The average molecular weight is 219 g/mol. The Balaban J connectivity index is 1.82. The van der Waals surface area contributed by atoms with Gasteiger partial charge in [-0.15, -0.1) is 0 Å². The maximum atomic E-state index is 11.6. The van der Waals surface area contributed by atoms with Crippen molar-refractivity contribution in [1.82, 2.24) is 15.6 Å². The minimum atomic E-state index is -0.379. The van der Waals surface area contributed by atoms with E-state index in [-0.39, 0.29) is 17.9 Å². The largest absolute Gasteiger partial charge is 0.349 e. The Labute approximate surface area is 93.3 Å². The number of aromatic nitrogens is 1. The van der Waals surface area contributed by atoms with Gasteiger partial charge in [-0.05, 0) is 18.6 Å². The lowest BCUT2D eigenvalue weighted by Crippen LogP contribution is -2.41. The highest BCUT2D eigenvalue weighted by Crippen LogP contribution is 2.06. The highest BCUT2D eigenvalue weighted by molar-refractivity contribution is 5.90. The fourth-order valence-electron chi connectivity index (χ4n) is 1.61. The van der Waals surface area contributed by atoms with Crippen molar-refractivity contribution >= 4 is 11.8 Å². The minimum absolute atomic E-state index is 0.0574. The van der Waals surface area contributed by atoms with Crippen LogP contribution in [0.15, 0.2) is 24.4 Å². The van der Waals surface area contributed by atoms with Crippen molar-refractivity contribution in [2.45, 2.75) is 25.4 Å². The van der Waals surface area contributed by atoms with E-state index in [1.54, 1.807) is 6.20 Å². The van der Waals surface area contributed by atoms with E-state index in [4.69, 9.17) is 0 Å². The second-order valence-corrected chi connectivity index (χ2v) is 3.70. The van der Waals surface area contributed by atoms with E-state index < -0.39 is 0 Å². The topological polar surface area (TPSA) is 71.1 Å². The molecule has 2 heterocycles. The van der Waals surface area contributed by atoms with Crippen molar-refractivity contribution in [2.75, 3.05) is 0 Å². The third kappa shape index (κ3) is 2.56. The van der Waals surface area contributed by atoms with E-state index in [1.807, 2.05) is 18.2 Å². The SMILES string of the molecule is O=C1CCC(C(=O)NCc2ccccn2)N1. The molecule has 2 rings (SSSR count). The summed E-state index contributed by atoms with van der Waals surface area (Å²) in [4.78, 5) is 26.6. The smallest absolute Gasteiger partial charge is 0.242 e. The molecule has 5 heteroatoms. The van der Waals surface area contributed by atoms with Crippen LogP contribution in [0.2, 0.25) is 0 Å². The summed E-state index contributed by atoms with van der Waals surface area (Å²) >= 11 is 0. The van der Waals surface area contributed by atoms with Crippen molar-refractivity contribution in [2.24, 2.45) is 0 Å². The van der Waals surface area contributed by atoms with E-state index in [2.05, 4.69) is 15.6 Å². The summed E-state index contributed by atoms with van der Waals surface area (Å²) in [5.41, 5.74) is 0.806. The third-order valence-corrected chi connectivity index (χ3v) is 2.48. The molecule has 1 aromatic rings. The number of carbonyl (C=O) groups excluding carboxylic acids is 2. The molecule has 1 unspecified atom stereocenters. The Morgan fingerprint density at radius 1 is 1.56 bits per heavy atom. The van der Waals surface area contributed by atoms with Crippen molar-refractivity contribution < 1.29 is 9.59 Å². The van der Waals surface area contributed by atoms with Gasteiger partial charge in [0.1, 0.15) is 6.04 Å². The first-order valence-corrected chi connectivity index (χ1v) is 5.22. The highest BCUT2D eigenvalue weighted by Gasteiger charge is 2.26. The van der Waals surface area contributed by atoms with Gasteiger partial charge >= 0.3 is 0 Å². The van der Waals surface area contributed by atoms with Crippen molar-refractivity contribution in [1.29, 1.82) is 0 Å². The van der Waals surface area contributed by atoms with Gasteiger partial charge < -0.3 is 10.6 Å². The molecule has 5 nitrogen and oxygen atoms in total. The molecule has 1 aliphatic rings. The summed E-state index contributed by atoms with van der Waals surface area (Å²) in [7, 11) is 0. The maximum Gasteiger partial charge on any atom is 0.242 e. The molecular formula is C11H13N3O2. The Morgan fingerprint density at radius 3 is 3.06 bits per heavy atom. The first-order chi connectivity index (χ1) is 7.75. The summed E-state index contributed by atoms with van der Waals surface area (Å²) in [6.45, 7) is 0.395. The number of hydrogen-bond acceptors (Lipinski definition) is 3. The second kappa shape index (κ2) is 4.74. The van der Waals surface area contributed by atoms with Gasteiger partial charge in [0.25, 0.3) is 0 Å². The van der Waals surface area contributed by atoms with Gasteiger partial charge in [0.15, 0.2) is 0 Å². The van der Waals surface area contributed by atoms with Crippen LogP contribution in [-0.4, -0.2) is 22.8 Å². The third-order valence-electron chi connectivity index (χ3n) is 2.48. The fraction of sp³-hybridized carbons (Fsp3) is 0.364. The number of hydrogen-bond donors (Lipinski definition) is 2. The monoisotopic (exact) mass is 219 g/mol. The molecule has 1 aromatic heterocycles. The lowest BCUT2D eigenvalue weighted by molar-refractivity contribution is -0.125. The van der Waals surface area contributed by atoms with Gasteiger partial charge in [-0.25, -0.2) is 0 Å². The Morgan fingerprint density at radius 2 is 2.44 bits per heavy atom. The van der Waals surface area contributed by atoms with Crippen LogP contribution in [0.1, 0.15) is 18.5 Å². The number of rotatable bonds is 3. The Bertz CT molecular complexity index is 391. The first kappa shape index (κ1) is 10.6. The van der Waals surface area contributed by atoms with Crippen molar-refractivity contribution in [3.05, 3.63) is 30.1 Å². The molecule has 0 bridgehead atoms. The van der Waals surface area contributed by atoms with Crippen molar-refractivity contribution in [3.63, 3.8) is 0 Å². The van der Waals surface area contributed by atoms with E-state index >= 15 is 0 Å². The fourth-order valence-corrected chi connectivity index (χ4v) is 1.61. The molecule has 16 heavy (non-hydrogen) atoms. The van der Waals surface area contributed by atoms with Crippen molar-refractivity contribution in [3.8, 4) is 0 Å². The van der Waals surface area contributed by atoms with Gasteiger partial charge in [0, 0.05) is 12.6 Å². The molecule has 0 aromatic carbocycles. The van der Waals surface area contributed by atoms with Crippen LogP contribution in [0.5, 0.6) is 0 Å². The lowest BCUT2D eigenvalue weighted by Gasteiger charge is -2.10. The van der Waals surface area contributed by atoms with Crippen LogP contribution >= 0.6 is 0 Å². The maximum absolute atomic E-state index is 11.6. The van der Waals surface area contributed by atoms with E-state index in [9.17, 15) is 9.59 Å². The predicted octanol–water partition coefficient (Wildman–Crippen LogP) is -0.0236. The van der Waals surface area contributed by atoms with E-state index in [1.165, 1.54) is 0 Å². The zero-order chi connectivity index (χ0) is 11.4. The van der Waals surface area contributed by atoms with E-state index in [0.717, 1.165) is 5.69 Å². The molecule has 1 saturated heterocycles. The van der Waals surface area contributed by atoms with Crippen LogP contribution in [0.25, 0.3) is 0 Å². The summed E-state index contributed by atoms with van der Waals surface area (Å²) in [6.07, 6.45) is 2.69. The van der Waals surface area contributed by atoms with Gasteiger partial charge in [0.05, 0.1) is 12.2 Å². The Hall–Kier alpha value is -1.91. The predicted molar refractivity (Wildman–Crippen MR) is 57.2 cm³/mol. The Kier molecular flexibility index (Phi) is 3.14. The number of amides is 2. The van der Waals surface area contributed by atoms with Crippen LogP contribution in [0.3, 0.4) is 0 Å². The molecule has 1 atom stereocenters. The van der Waals surface area contributed by atoms with Crippen LogP contribution in [0.4, 0.5) is 0 Å². The zero-order valence-corrected chi connectivity index (χ0v) is 8.77. The van der Waals surface area contributed by atoms with Crippen LogP contribution in [-0.2, 0) is 16.1 Å². The molecule has 2 amide bonds. The summed E-state index contributed by atoms with van der Waals surface area (Å²) in [6, 6.07) is 5.15. The zero-order valence-electron chi connectivity index (χ0n) is 8.77. The molecule has 0 radical (unpaired) electrons. The molecule has 0 aliphatic carbocycles. The second-order valence-electron chi connectivity index (χ2n) is 3.70. The minimum Gasteiger partial charge on any atom is -0.349 e. The first-order valence-electron chi connectivity index (χ1n) is 5.22. The molecule has 1 fully saturated rings. The summed E-state index contributed by atoms with van der Waals surface area (Å²) in [5, 5.41) is 5.36. The molecule has 0 saturated carbocycles. The average Bonchev–Trinajstić information content (AvgIpc) is 2.74. The van der Waals surface area contributed by atoms with Gasteiger partial charge in [0.2, 0.25) is 11.8 Å². The summed E-state index contributed by atoms with van der Waals surface area (Å²) < 4.78 is 0. The standard InChI is InChI=1S/C11H13N3O2/c15-10-5-4-9(14-10)11(16)13-7-8-3-1-2-6-12-8/h1-3,6,9H,4-5,7H2,(H,13,16)(H,14,15). The highest BCUT2D eigenvalue weighted by atomic mass is 16.2. The van der Waals surface area contributed by atoms with Crippen LogP contribution in [0, 0.1) is 0 Å². The van der Waals surface area contributed by atoms with Gasteiger partial charge in [-0.1, -0.05) is 6.07 Å². The molecule has 1 aliphatic heterocycles. The molecule has 0 spiro atoms. The lowest BCUT2D eigenvalue weighted by atomic mass is 10.2. The van der Waals surface area contributed by atoms with Gasteiger partial charge in [-0.2, -0.15) is 0 Å².